The number of esters is 1. The van der Waals surface area contributed by atoms with Gasteiger partial charge >= 0.3 is 12.1 Å². The maximum Gasteiger partial charge on any atom is 0.429 e. The van der Waals surface area contributed by atoms with Crippen molar-refractivity contribution in [3.05, 3.63) is 94.8 Å². The van der Waals surface area contributed by atoms with Crippen molar-refractivity contribution in [3.63, 3.8) is 0 Å². The molecule has 0 aliphatic carbocycles. The van der Waals surface area contributed by atoms with Crippen molar-refractivity contribution in [2.45, 2.75) is 38.6 Å². The van der Waals surface area contributed by atoms with Gasteiger partial charge < -0.3 is 25.5 Å². The maximum atomic E-state index is 14.4. The fourth-order valence-corrected chi connectivity index (χ4v) is 4.38. The SMILES string of the molecule is CCOC(=O)[C@@H](N)Cc1ccc(-c2cc(N)nc(O[C@H](c3ccc(Cl)cc3-n3ccc(C)c3)C(F)(F)F)c2)cc1. The highest BCUT2D eigenvalue weighted by Crippen LogP contribution is 2.40. The highest BCUT2D eigenvalue weighted by atomic mass is 35.5. The first-order chi connectivity index (χ1) is 18.9. The summed E-state index contributed by atoms with van der Waals surface area (Å²) in [6.45, 7) is 3.77. The standard InChI is InChI=1S/C29H28ClF3N4O3/c1-3-39-28(38)23(34)12-18-4-6-19(7-5-18)20-13-25(35)36-26(14-20)40-27(29(31,32)33)22-9-8-21(30)15-24(22)37-11-10-17(2)16-37/h4-11,13-16,23,27H,3,12,34H2,1-2H3,(H2,35,36)/t23-,27+/m0/s1. The van der Waals surface area contributed by atoms with Crippen molar-refractivity contribution in [3.8, 4) is 22.7 Å². The largest absolute Gasteiger partial charge is 0.465 e. The minimum Gasteiger partial charge on any atom is -0.465 e. The highest BCUT2D eigenvalue weighted by Gasteiger charge is 2.45. The van der Waals surface area contributed by atoms with E-state index < -0.39 is 24.3 Å². The van der Waals surface area contributed by atoms with E-state index in [9.17, 15) is 18.0 Å². The number of rotatable bonds is 9. The number of anilines is 1. The molecule has 0 aliphatic rings. The van der Waals surface area contributed by atoms with Gasteiger partial charge in [-0.3, -0.25) is 4.79 Å². The van der Waals surface area contributed by atoms with E-state index >= 15 is 0 Å². The van der Waals surface area contributed by atoms with Crippen molar-refractivity contribution in [1.82, 2.24) is 9.55 Å². The number of aryl methyl sites for hydroxylation is 1. The molecule has 0 aliphatic heterocycles. The van der Waals surface area contributed by atoms with E-state index in [1.807, 2.05) is 6.92 Å². The lowest BCUT2D eigenvalue weighted by Gasteiger charge is -2.24. The van der Waals surface area contributed by atoms with Gasteiger partial charge in [-0.05, 0) is 66.8 Å². The smallest absolute Gasteiger partial charge is 0.429 e. The predicted molar refractivity (Wildman–Crippen MR) is 147 cm³/mol. The molecular formula is C29H28ClF3N4O3. The number of hydrogen-bond donors (Lipinski definition) is 2. The van der Waals surface area contributed by atoms with E-state index in [4.69, 9.17) is 32.5 Å². The van der Waals surface area contributed by atoms with Crippen LogP contribution in [0.2, 0.25) is 5.02 Å². The number of benzene rings is 2. The molecule has 4 rings (SSSR count). The summed E-state index contributed by atoms with van der Waals surface area (Å²) in [5, 5.41) is 0.280. The molecule has 2 atom stereocenters. The Kier molecular flexibility index (Phi) is 8.70. The molecular weight excluding hydrogens is 545 g/mol. The summed E-state index contributed by atoms with van der Waals surface area (Å²) in [5.41, 5.74) is 14.8. The molecule has 0 unspecified atom stereocenters. The first-order valence-electron chi connectivity index (χ1n) is 12.4. The summed E-state index contributed by atoms with van der Waals surface area (Å²) >= 11 is 6.14. The maximum absolute atomic E-state index is 14.4. The zero-order valence-electron chi connectivity index (χ0n) is 21.8. The molecule has 2 aromatic heterocycles. The van der Waals surface area contributed by atoms with Crippen LogP contribution in [0, 0.1) is 6.92 Å². The number of aromatic nitrogens is 2. The van der Waals surface area contributed by atoms with Crippen LogP contribution in [0.3, 0.4) is 0 Å². The number of nitrogens with zero attached hydrogens (tertiary/aromatic N) is 2. The molecule has 210 valence electrons. The van der Waals surface area contributed by atoms with Gasteiger partial charge in [-0.25, -0.2) is 0 Å². The van der Waals surface area contributed by atoms with E-state index in [0.717, 1.165) is 11.1 Å². The van der Waals surface area contributed by atoms with Crippen molar-refractivity contribution >= 4 is 23.4 Å². The molecule has 0 amide bonds. The summed E-state index contributed by atoms with van der Waals surface area (Å²) in [4.78, 5) is 15.8. The van der Waals surface area contributed by atoms with Crippen LogP contribution in [-0.4, -0.2) is 34.3 Å². The Bertz CT molecular complexity index is 1490. The van der Waals surface area contributed by atoms with Crippen molar-refractivity contribution in [2.24, 2.45) is 5.73 Å². The quantitative estimate of drug-likeness (QED) is 0.231. The zero-order valence-corrected chi connectivity index (χ0v) is 22.5. The van der Waals surface area contributed by atoms with Crippen LogP contribution >= 0.6 is 11.6 Å². The van der Waals surface area contributed by atoms with E-state index in [1.54, 1.807) is 54.2 Å². The molecule has 2 heterocycles. The Hall–Kier alpha value is -4.02. The number of halogens is 4. The molecule has 0 saturated heterocycles. The fourth-order valence-electron chi connectivity index (χ4n) is 4.22. The Balaban J connectivity index is 1.64. The van der Waals surface area contributed by atoms with E-state index in [0.29, 0.717) is 11.1 Å². The van der Waals surface area contributed by atoms with Crippen LogP contribution in [0.15, 0.2) is 73.1 Å². The molecule has 0 fully saturated rings. The second-order valence-electron chi connectivity index (χ2n) is 9.22. The molecule has 40 heavy (non-hydrogen) atoms. The average Bonchev–Trinajstić information content (AvgIpc) is 3.33. The second-order valence-corrected chi connectivity index (χ2v) is 9.65. The first kappa shape index (κ1) is 29.0. The number of carbonyl (C=O) groups excluding carboxylic acids is 1. The van der Waals surface area contributed by atoms with Gasteiger partial charge in [0.15, 0.2) is 0 Å². The third-order valence-electron chi connectivity index (χ3n) is 6.08. The Morgan fingerprint density at radius 3 is 2.42 bits per heavy atom. The van der Waals surface area contributed by atoms with Crippen molar-refractivity contribution in [1.29, 1.82) is 0 Å². The monoisotopic (exact) mass is 572 g/mol. The van der Waals surface area contributed by atoms with E-state index in [1.165, 1.54) is 30.3 Å². The molecule has 11 heteroatoms. The van der Waals surface area contributed by atoms with E-state index in [2.05, 4.69) is 4.98 Å². The third kappa shape index (κ3) is 6.94. The van der Waals surface area contributed by atoms with E-state index in [-0.39, 0.29) is 41.0 Å². The van der Waals surface area contributed by atoms with Gasteiger partial charge in [0.2, 0.25) is 12.0 Å². The lowest BCUT2D eigenvalue weighted by atomic mass is 10.0. The molecule has 4 N–H and O–H groups in total. The first-order valence-corrected chi connectivity index (χ1v) is 12.8. The molecule has 0 spiro atoms. The van der Waals surface area contributed by atoms with Crippen LogP contribution in [-0.2, 0) is 16.0 Å². The minimum absolute atomic E-state index is 0.0146. The van der Waals surface area contributed by atoms with Gasteiger partial charge in [-0.15, -0.1) is 0 Å². The Morgan fingerprint density at radius 1 is 1.07 bits per heavy atom. The number of pyridine rings is 1. The molecule has 7 nitrogen and oxygen atoms in total. The average molecular weight is 573 g/mol. The molecule has 4 aromatic rings. The number of nitrogens with two attached hydrogens (primary N) is 2. The number of hydrogen-bond acceptors (Lipinski definition) is 6. The van der Waals surface area contributed by atoms with Gasteiger partial charge in [0, 0.05) is 29.0 Å². The second kappa shape index (κ2) is 12.0. The fraction of sp³-hybridized carbons (Fsp3) is 0.241. The molecule has 2 aromatic carbocycles. The van der Waals surface area contributed by atoms with Crippen LogP contribution in [0.4, 0.5) is 19.0 Å². The number of nitrogen functional groups attached to an aromatic ring is 1. The summed E-state index contributed by atoms with van der Waals surface area (Å²) in [6, 6.07) is 15.0. The van der Waals surface area contributed by atoms with Gasteiger partial charge in [-0.2, -0.15) is 18.2 Å². The van der Waals surface area contributed by atoms with Crippen LogP contribution < -0.4 is 16.2 Å². The lowest BCUT2D eigenvalue weighted by Crippen LogP contribution is -2.34. The summed E-state index contributed by atoms with van der Waals surface area (Å²) < 4.78 is 55.2. The van der Waals surface area contributed by atoms with Crippen molar-refractivity contribution < 1.29 is 27.4 Å². The molecule has 0 bridgehead atoms. The van der Waals surface area contributed by atoms with Gasteiger partial charge in [0.25, 0.3) is 0 Å². The summed E-state index contributed by atoms with van der Waals surface area (Å²) in [6.07, 6.45) is -3.52. The Labute approximate surface area is 234 Å². The van der Waals surface area contributed by atoms with Crippen molar-refractivity contribution in [2.75, 3.05) is 12.3 Å². The summed E-state index contributed by atoms with van der Waals surface area (Å²) in [5.74, 6) is -0.806. The minimum atomic E-state index is -4.78. The molecule has 0 radical (unpaired) electrons. The summed E-state index contributed by atoms with van der Waals surface area (Å²) in [7, 11) is 0. The van der Waals surface area contributed by atoms with Gasteiger partial charge in [0.05, 0.1) is 12.3 Å². The number of carbonyl (C=O) groups is 1. The topological polar surface area (TPSA) is 105 Å². The van der Waals surface area contributed by atoms with Gasteiger partial charge in [-0.1, -0.05) is 41.9 Å². The zero-order chi connectivity index (χ0) is 29.0. The Morgan fingerprint density at radius 2 is 1.80 bits per heavy atom. The highest BCUT2D eigenvalue weighted by molar-refractivity contribution is 6.30. The van der Waals surface area contributed by atoms with Crippen LogP contribution in [0.25, 0.3) is 16.8 Å². The van der Waals surface area contributed by atoms with Gasteiger partial charge in [0.1, 0.15) is 11.9 Å². The lowest BCUT2D eigenvalue weighted by molar-refractivity contribution is -0.198. The normalized spacial score (nSPS) is 13.1. The van der Waals surface area contributed by atoms with Crippen LogP contribution in [0.5, 0.6) is 5.88 Å². The number of ether oxygens (including phenoxy) is 2. The van der Waals surface area contributed by atoms with Crippen LogP contribution in [0.1, 0.15) is 29.7 Å². The molecule has 0 saturated carbocycles. The third-order valence-corrected chi connectivity index (χ3v) is 6.32. The number of alkyl halides is 3. The predicted octanol–water partition coefficient (Wildman–Crippen LogP) is 6.20.